The summed E-state index contributed by atoms with van der Waals surface area (Å²) in [5.74, 6) is 1.07. The second-order valence-electron chi connectivity index (χ2n) is 4.63. The Morgan fingerprint density at radius 1 is 1.53 bits per heavy atom. The summed E-state index contributed by atoms with van der Waals surface area (Å²) in [6.45, 7) is 3.11. The van der Waals surface area contributed by atoms with Crippen molar-refractivity contribution in [2.75, 3.05) is 18.0 Å². The van der Waals surface area contributed by atoms with Crippen molar-refractivity contribution in [3.05, 3.63) is 26.9 Å². The van der Waals surface area contributed by atoms with Gasteiger partial charge in [-0.2, -0.15) is 0 Å². The average Bonchev–Trinajstić information content (AvgIpc) is 2.38. The van der Waals surface area contributed by atoms with Gasteiger partial charge in [0.2, 0.25) is 0 Å². The lowest BCUT2D eigenvalue weighted by molar-refractivity contribution is -0.385. The van der Waals surface area contributed by atoms with Crippen molar-refractivity contribution < 1.29 is 9.72 Å². The van der Waals surface area contributed by atoms with Crippen LogP contribution in [0, 0.1) is 16.0 Å². The normalized spacial score (nSPS) is 16.4. The summed E-state index contributed by atoms with van der Waals surface area (Å²) in [4.78, 5) is 27.7. The van der Waals surface area contributed by atoms with E-state index in [9.17, 15) is 14.9 Å². The first-order valence-corrected chi connectivity index (χ1v) is 6.83. The van der Waals surface area contributed by atoms with Crippen LogP contribution in [0.1, 0.15) is 19.8 Å². The number of nitro groups is 1. The SMILES string of the molecule is CC(=O)C1CCN(c2ncc([N+](=O)[O-])cc2Br)CC1. The fourth-order valence-corrected chi connectivity index (χ4v) is 2.84. The van der Waals surface area contributed by atoms with E-state index in [-0.39, 0.29) is 17.4 Å². The van der Waals surface area contributed by atoms with Gasteiger partial charge in [-0.25, -0.2) is 4.98 Å². The Labute approximate surface area is 119 Å². The molecule has 19 heavy (non-hydrogen) atoms. The first-order chi connectivity index (χ1) is 8.99. The molecule has 0 unspecified atom stereocenters. The number of carbonyl (C=O) groups excluding carboxylic acids is 1. The average molecular weight is 328 g/mol. The van der Waals surface area contributed by atoms with Crippen LogP contribution in [0.2, 0.25) is 0 Å². The summed E-state index contributed by atoms with van der Waals surface area (Å²) in [6, 6.07) is 1.46. The molecule has 2 rings (SSSR count). The zero-order valence-corrected chi connectivity index (χ0v) is 12.1. The van der Waals surface area contributed by atoms with Gasteiger partial charge in [-0.15, -0.1) is 0 Å². The molecule has 0 atom stereocenters. The summed E-state index contributed by atoms with van der Waals surface area (Å²) in [5.41, 5.74) is -0.0331. The number of carbonyl (C=O) groups is 1. The lowest BCUT2D eigenvalue weighted by atomic mass is 9.93. The van der Waals surface area contributed by atoms with E-state index in [1.165, 1.54) is 12.3 Å². The summed E-state index contributed by atoms with van der Waals surface area (Å²) < 4.78 is 0.614. The Kier molecular flexibility index (Phi) is 4.14. The third-order valence-electron chi connectivity index (χ3n) is 3.39. The van der Waals surface area contributed by atoms with E-state index in [0.29, 0.717) is 10.3 Å². The molecule has 1 aliphatic heterocycles. The number of pyridine rings is 1. The minimum Gasteiger partial charge on any atom is -0.356 e. The van der Waals surface area contributed by atoms with E-state index >= 15 is 0 Å². The predicted molar refractivity (Wildman–Crippen MR) is 74.2 cm³/mol. The number of hydrogen-bond acceptors (Lipinski definition) is 5. The van der Waals surface area contributed by atoms with Crippen molar-refractivity contribution in [2.24, 2.45) is 5.92 Å². The van der Waals surface area contributed by atoms with Gasteiger partial charge in [0, 0.05) is 25.1 Å². The van der Waals surface area contributed by atoms with Gasteiger partial charge in [0.25, 0.3) is 5.69 Å². The molecule has 0 N–H and O–H groups in total. The Hall–Kier alpha value is -1.50. The van der Waals surface area contributed by atoms with Crippen LogP contribution in [0.3, 0.4) is 0 Å². The molecule has 0 aromatic carbocycles. The van der Waals surface area contributed by atoms with Gasteiger partial charge in [-0.3, -0.25) is 14.9 Å². The molecule has 102 valence electrons. The quantitative estimate of drug-likeness (QED) is 0.629. The lowest BCUT2D eigenvalue weighted by Crippen LogP contribution is -2.36. The van der Waals surface area contributed by atoms with Crippen molar-refractivity contribution in [3.8, 4) is 0 Å². The minimum absolute atomic E-state index is 0.0331. The third kappa shape index (κ3) is 3.09. The highest BCUT2D eigenvalue weighted by Crippen LogP contribution is 2.30. The molecule has 0 radical (unpaired) electrons. The molecule has 1 aliphatic rings. The van der Waals surface area contributed by atoms with Crippen LogP contribution in [0.5, 0.6) is 0 Å². The number of aromatic nitrogens is 1. The maximum Gasteiger partial charge on any atom is 0.288 e. The Balaban J connectivity index is 2.11. The zero-order chi connectivity index (χ0) is 14.0. The topological polar surface area (TPSA) is 76.3 Å². The van der Waals surface area contributed by atoms with Crippen molar-refractivity contribution in [1.82, 2.24) is 4.98 Å². The van der Waals surface area contributed by atoms with Gasteiger partial charge in [0.05, 0.1) is 9.40 Å². The highest BCUT2D eigenvalue weighted by atomic mass is 79.9. The zero-order valence-electron chi connectivity index (χ0n) is 10.5. The molecular weight excluding hydrogens is 314 g/mol. The number of ketones is 1. The first kappa shape index (κ1) is 13.9. The molecule has 0 bridgehead atoms. The fourth-order valence-electron chi connectivity index (χ4n) is 2.25. The van der Waals surface area contributed by atoms with Crippen LogP contribution in [0.25, 0.3) is 0 Å². The van der Waals surface area contributed by atoms with Crippen molar-refractivity contribution in [2.45, 2.75) is 19.8 Å². The van der Waals surface area contributed by atoms with E-state index in [1.54, 1.807) is 6.92 Å². The van der Waals surface area contributed by atoms with E-state index in [4.69, 9.17) is 0 Å². The fraction of sp³-hybridized carbons (Fsp3) is 0.500. The molecule has 1 saturated heterocycles. The second-order valence-corrected chi connectivity index (χ2v) is 5.48. The molecule has 7 heteroatoms. The second kappa shape index (κ2) is 5.64. The number of nitrogens with zero attached hydrogens (tertiary/aromatic N) is 3. The van der Waals surface area contributed by atoms with Gasteiger partial charge in [-0.1, -0.05) is 0 Å². The largest absolute Gasteiger partial charge is 0.356 e. The molecule has 0 spiro atoms. The van der Waals surface area contributed by atoms with Gasteiger partial charge in [0.1, 0.15) is 17.8 Å². The standard InChI is InChI=1S/C12H14BrN3O3/c1-8(17)9-2-4-15(5-3-9)12-11(13)6-10(7-14-12)16(18)19/h6-7,9H,2-5H2,1H3. The number of anilines is 1. The molecule has 1 aromatic rings. The van der Waals surface area contributed by atoms with Gasteiger partial charge in [-0.05, 0) is 35.7 Å². The Morgan fingerprint density at radius 3 is 2.63 bits per heavy atom. The van der Waals surface area contributed by atoms with Gasteiger partial charge < -0.3 is 4.90 Å². The number of piperidine rings is 1. The highest BCUT2D eigenvalue weighted by Gasteiger charge is 2.24. The lowest BCUT2D eigenvalue weighted by Gasteiger charge is -2.32. The first-order valence-electron chi connectivity index (χ1n) is 6.04. The highest BCUT2D eigenvalue weighted by molar-refractivity contribution is 9.10. The summed E-state index contributed by atoms with van der Waals surface area (Å²) in [5, 5.41) is 10.7. The van der Waals surface area contributed by atoms with Crippen molar-refractivity contribution >= 4 is 33.2 Å². The van der Waals surface area contributed by atoms with Crippen molar-refractivity contribution in [1.29, 1.82) is 0 Å². The van der Waals surface area contributed by atoms with Crippen LogP contribution in [-0.4, -0.2) is 28.8 Å². The monoisotopic (exact) mass is 327 g/mol. The molecular formula is C12H14BrN3O3. The molecule has 1 aromatic heterocycles. The maximum atomic E-state index is 11.3. The number of rotatable bonds is 3. The van der Waals surface area contributed by atoms with E-state index in [1.807, 2.05) is 4.90 Å². The van der Waals surface area contributed by atoms with Crippen LogP contribution in [0.4, 0.5) is 11.5 Å². The van der Waals surface area contributed by atoms with Crippen LogP contribution in [0.15, 0.2) is 16.7 Å². The Bertz CT molecular complexity index is 513. The van der Waals surface area contributed by atoms with Crippen molar-refractivity contribution in [3.63, 3.8) is 0 Å². The van der Waals surface area contributed by atoms with Gasteiger partial charge in [0.15, 0.2) is 0 Å². The number of Topliss-reactive ketones (excluding diaryl/α,β-unsaturated/α-hetero) is 1. The van der Waals surface area contributed by atoms with Crippen LogP contribution >= 0.6 is 15.9 Å². The smallest absolute Gasteiger partial charge is 0.288 e. The van der Waals surface area contributed by atoms with Gasteiger partial charge >= 0.3 is 0 Å². The Morgan fingerprint density at radius 2 is 2.16 bits per heavy atom. The van der Waals surface area contributed by atoms with Crippen LogP contribution in [-0.2, 0) is 4.79 Å². The summed E-state index contributed by atoms with van der Waals surface area (Å²) in [6.07, 6.45) is 2.87. The summed E-state index contributed by atoms with van der Waals surface area (Å²) >= 11 is 3.32. The summed E-state index contributed by atoms with van der Waals surface area (Å²) in [7, 11) is 0. The minimum atomic E-state index is -0.469. The molecule has 0 aliphatic carbocycles. The predicted octanol–water partition coefficient (Wildman–Crippen LogP) is 2.56. The number of halogens is 1. The molecule has 6 nitrogen and oxygen atoms in total. The number of hydrogen-bond donors (Lipinski definition) is 0. The molecule has 0 saturated carbocycles. The van der Waals surface area contributed by atoms with E-state index < -0.39 is 4.92 Å². The third-order valence-corrected chi connectivity index (χ3v) is 3.97. The van der Waals surface area contributed by atoms with E-state index in [2.05, 4.69) is 20.9 Å². The van der Waals surface area contributed by atoms with E-state index in [0.717, 1.165) is 25.9 Å². The molecule has 2 heterocycles. The molecule has 1 fully saturated rings. The maximum absolute atomic E-state index is 11.3. The van der Waals surface area contributed by atoms with Crippen LogP contribution < -0.4 is 4.90 Å². The molecule has 0 amide bonds.